The summed E-state index contributed by atoms with van der Waals surface area (Å²) in [5.41, 5.74) is 3.91. The molecule has 4 rings (SSSR count). The van der Waals surface area contributed by atoms with Crippen LogP contribution in [0.4, 0.5) is 5.82 Å². The maximum Gasteiger partial charge on any atom is 0.258 e. The van der Waals surface area contributed by atoms with Crippen molar-refractivity contribution in [3.63, 3.8) is 0 Å². The number of hydrogen-bond acceptors (Lipinski definition) is 7. The first kappa shape index (κ1) is 18.8. The average Bonchev–Trinajstić information content (AvgIpc) is 3.34. The van der Waals surface area contributed by atoms with Crippen LogP contribution in [-0.4, -0.2) is 29.9 Å². The average molecular weight is 389 g/mol. The molecule has 0 spiro atoms. The maximum absolute atomic E-state index is 5.36. The Bertz CT molecular complexity index is 1110. The summed E-state index contributed by atoms with van der Waals surface area (Å²) < 4.78 is 7.20. The molecule has 4 aromatic rings. The molecular formula is C21H23N7O. The van der Waals surface area contributed by atoms with E-state index in [9.17, 15) is 0 Å². The SMILES string of the molecule is Cc1cc(C)n(-c2ccc(CNc3cc(-c4nc(C(C)C)no4)ccn3)cn2)n1. The summed E-state index contributed by atoms with van der Waals surface area (Å²) in [6, 6.07) is 9.78. The van der Waals surface area contributed by atoms with Gasteiger partial charge >= 0.3 is 0 Å². The fourth-order valence-electron chi connectivity index (χ4n) is 2.95. The van der Waals surface area contributed by atoms with E-state index in [0.717, 1.165) is 34.2 Å². The number of aromatic nitrogens is 6. The molecule has 0 amide bonds. The van der Waals surface area contributed by atoms with Gasteiger partial charge in [0.15, 0.2) is 11.6 Å². The van der Waals surface area contributed by atoms with Crippen molar-refractivity contribution in [1.29, 1.82) is 0 Å². The Morgan fingerprint density at radius 2 is 1.97 bits per heavy atom. The van der Waals surface area contributed by atoms with Gasteiger partial charge in [0.2, 0.25) is 0 Å². The van der Waals surface area contributed by atoms with Crippen molar-refractivity contribution in [3.8, 4) is 17.3 Å². The largest absolute Gasteiger partial charge is 0.366 e. The number of nitrogens with zero attached hydrogens (tertiary/aromatic N) is 6. The fourth-order valence-corrected chi connectivity index (χ4v) is 2.95. The number of hydrogen-bond donors (Lipinski definition) is 1. The van der Waals surface area contributed by atoms with E-state index >= 15 is 0 Å². The molecule has 4 heterocycles. The van der Waals surface area contributed by atoms with Gasteiger partial charge in [0.1, 0.15) is 5.82 Å². The lowest BCUT2D eigenvalue weighted by atomic mass is 10.2. The van der Waals surface area contributed by atoms with Gasteiger partial charge in [-0.25, -0.2) is 14.6 Å². The summed E-state index contributed by atoms with van der Waals surface area (Å²) in [5.74, 6) is 2.94. The molecule has 0 aliphatic carbocycles. The molecule has 8 nitrogen and oxygen atoms in total. The Morgan fingerprint density at radius 1 is 1.10 bits per heavy atom. The Morgan fingerprint density at radius 3 is 2.62 bits per heavy atom. The standard InChI is InChI=1S/C21H23N7O/c1-13(2)20-25-21(29-27-20)17-7-8-22-18(10-17)23-11-16-5-6-19(24-12-16)28-15(4)9-14(3)26-28/h5-10,12-13H,11H2,1-4H3,(H,22,23). The predicted octanol–water partition coefficient (Wildman–Crippen LogP) is 4.06. The van der Waals surface area contributed by atoms with Crippen molar-refractivity contribution >= 4 is 5.82 Å². The normalized spacial score (nSPS) is 11.2. The zero-order valence-electron chi connectivity index (χ0n) is 16.9. The van der Waals surface area contributed by atoms with Gasteiger partial charge in [-0.1, -0.05) is 25.1 Å². The molecule has 0 aliphatic heterocycles. The summed E-state index contributed by atoms with van der Waals surface area (Å²) in [6.07, 6.45) is 3.57. The van der Waals surface area contributed by atoms with Crippen molar-refractivity contribution in [2.24, 2.45) is 0 Å². The molecule has 148 valence electrons. The van der Waals surface area contributed by atoms with E-state index in [1.807, 2.05) is 68.9 Å². The lowest BCUT2D eigenvalue weighted by molar-refractivity contribution is 0.419. The van der Waals surface area contributed by atoms with E-state index in [1.54, 1.807) is 6.20 Å². The Balaban J connectivity index is 1.44. The zero-order chi connectivity index (χ0) is 20.4. The maximum atomic E-state index is 5.36. The molecule has 0 aromatic carbocycles. The van der Waals surface area contributed by atoms with E-state index in [4.69, 9.17) is 4.52 Å². The number of aryl methyl sites for hydroxylation is 2. The Hall–Kier alpha value is -3.55. The molecule has 29 heavy (non-hydrogen) atoms. The second-order valence-corrected chi connectivity index (χ2v) is 7.26. The van der Waals surface area contributed by atoms with Gasteiger partial charge in [-0.3, -0.25) is 0 Å². The first-order chi connectivity index (χ1) is 14.0. The summed E-state index contributed by atoms with van der Waals surface area (Å²) in [7, 11) is 0. The van der Waals surface area contributed by atoms with Crippen molar-refractivity contribution < 1.29 is 4.52 Å². The van der Waals surface area contributed by atoms with Crippen LogP contribution in [0.3, 0.4) is 0 Å². The molecule has 4 aromatic heterocycles. The van der Waals surface area contributed by atoms with Crippen LogP contribution in [0, 0.1) is 13.8 Å². The van der Waals surface area contributed by atoms with Gasteiger partial charge < -0.3 is 9.84 Å². The number of anilines is 1. The van der Waals surface area contributed by atoms with Crippen molar-refractivity contribution in [2.75, 3.05) is 5.32 Å². The van der Waals surface area contributed by atoms with Crippen LogP contribution in [-0.2, 0) is 6.54 Å². The minimum atomic E-state index is 0.219. The van der Waals surface area contributed by atoms with Gasteiger partial charge in [-0.05, 0) is 43.7 Å². The van der Waals surface area contributed by atoms with Crippen LogP contribution in [0.2, 0.25) is 0 Å². The Labute approximate surface area is 169 Å². The second-order valence-electron chi connectivity index (χ2n) is 7.26. The highest BCUT2D eigenvalue weighted by atomic mass is 16.5. The van der Waals surface area contributed by atoms with Gasteiger partial charge in [0.25, 0.3) is 5.89 Å². The van der Waals surface area contributed by atoms with Gasteiger partial charge in [-0.2, -0.15) is 10.1 Å². The molecule has 0 saturated carbocycles. The quantitative estimate of drug-likeness (QED) is 0.531. The molecule has 0 bridgehead atoms. The van der Waals surface area contributed by atoms with Crippen molar-refractivity contribution in [3.05, 3.63) is 65.5 Å². The van der Waals surface area contributed by atoms with Crippen LogP contribution in [0.5, 0.6) is 0 Å². The number of nitrogens with one attached hydrogen (secondary N) is 1. The van der Waals surface area contributed by atoms with Crippen molar-refractivity contribution in [1.82, 2.24) is 29.9 Å². The van der Waals surface area contributed by atoms with E-state index < -0.39 is 0 Å². The zero-order valence-corrected chi connectivity index (χ0v) is 16.9. The van der Waals surface area contributed by atoms with Gasteiger partial charge in [-0.15, -0.1) is 0 Å². The summed E-state index contributed by atoms with van der Waals surface area (Å²) >= 11 is 0. The van der Waals surface area contributed by atoms with Gasteiger partial charge in [0, 0.05) is 36.1 Å². The molecule has 8 heteroatoms. The summed E-state index contributed by atoms with van der Waals surface area (Å²) in [6.45, 7) is 8.65. The fraction of sp³-hybridized carbons (Fsp3) is 0.286. The lowest BCUT2D eigenvalue weighted by Gasteiger charge is -2.08. The van der Waals surface area contributed by atoms with Crippen LogP contribution in [0.15, 0.2) is 47.2 Å². The first-order valence-corrected chi connectivity index (χ1v) is 9.52. The summed E-state index contributed by atoms with van der Waals surface area (Å²) in [5, 5.41) is 11.8. The topological polar surface area (TPSA) is 94.6 Å². The Kier molecular flexibility index (Phi) is 5.07. The van der Waals surface area contributed by atoms with Crippen LogP contribution >= 0.6 is 0 Å². The van der Waals surface area contributed by atoms with Crippen LogP contribution < -0.4 is 5.32 Å². The molecular weight excluding hydrogens is 366 g/mol. The highest BCUT2D eigenvalue weighted by Gasteiger charge is 2.12. The second kappa shape index (κ2) is 7.83. The minimum Gasteiger partial charge on any atom is -0.366 e. The third kappa shape index (κ3) is 4.16. The molecule has 0 fully saturated rings. The molecule has 0 radical (unpaired) electrons. The molecule has 0 saturated heterocycles. The third-order valence-electron chi connectivity index (χ3n) is 4.47. The first-order valence-electron chi connectivity index (χ1n) is 9.52. The van der Waals surface area contributed by atoms with E-state index in [-0.39, 0.29) is 5.92 Å². The van der Waals surface area contributed by atoms with Crippen LogP contribution in [0.1, 0.15) is 42.5 Å². The van der Waals surface area contributed by atoms with E-state index in [1.165, 1.54) is 0 Å². The number of rotatable bonds is 6. The van der Waals surface area contributed by atoms with E-state index in [0.29, 0.717) is 18.3 Å². The highest BCUT2D eigenvalue weighted by molar-refractivity contribution is 5.58. The monoisotopic (exact) mass is 389 g/mol. The smallest absolute Gasteiger partial charge is 0.258 e. The highest BCUT2D eigenvalue weighted by Crippen LogP contribution is 2.22. The van der Waals surface area contributed by atoms with E-state index in [2.05, 4.69) is 30.5 Å². The lowest BCUT2D eigenvalue weighted by Crippen LogP contribution is -2.05. The third-order valence-corrected chi connectivity index (χ3v) is 4.47. The molecule has 0 aliphatic rings. The molecule has 0 unspecified atom stereocenters. The predicted molar refractivity (Wildman–Crippen MR) is 110 cm³/mol. The summed E-state index contributed by atoms with van der Waals surface area (Å²) in [4.78, 5) is 13.3. The number of pyridine rings is 2. The minimum absolute atomic E-state index is 0.219. The van der Waals surface area contributed by atoms with Gasteiger partial charge in [0.05, 0.1) is 5.69 Å². The molecule has 0 atom stereocenters. The van der Waals surface area contributed by atoms with Crippen molar-refractivity contribution in [2.45, 2.75) is 40.2 Å². The molecule has 1 N–H and O–H groups in total. The van der Waals surface area contributed by atoms with Crippen LogP contribution in [0.25, 0.3) is 17.3 Å².